The van der Waals surface area contributed by atoms with Crippen molar-refractivity contribution in [2.24, 2.45) is 0 Å². The van der Waals surface area contributed by atoms with Crippen molar-refractivity contribution in [2.75, 3.05) is 6.54 Å². The smallest absolute Gasteiger partial charge is 0.102 e. The fourth-order valence-electron chi connectivity index (χ4n) is 4.76. The maximum absolute atomic E-state index is 4.74. The first-order chi connectivity index (χ1) is 15.4. The molecule has 1 fully saturated rings. The number of rotatable bonds is 2. The molecule has 0 radical (unpaired) electrons. The Balaban J connectivity index is 0.000000296. The molecule has 2 aliphatic rings. The molecule has 1 aliphatic heterocycles. The fourth-order valence-corrected chi connectivity index (χ4v) is 5.72. The van der Waals surface area contributed by atoms with E-state index < -0.39 is 0 Å². The van der Waals surface area contributed by atoms with Crippen LogP contribution >= 0.6 is 11.3 Å². The quantitative estimate of drug-likeness (QED) is 0.385. The second-order valence-electron chi connectivity index (χ2n) is 8.50. The summed E-state index contributed by atoms with van der Waals surface area (Å²) in [5.74, 6) is 0.603. The van der Waals surface area contributed by atoms with Gasteiger partial charge in [0.1, 0.15) is 5.69 Å². The minimum atomic E-state index is 0.603. The second-order valence-corrected chi connectivity index (χ2v) is 9.41. The molecule has 0 atom stereocenters. The lowest BCUT2D eigenvalue weighted by molar-refractivity contribution is 0.437. The fraction of sp³-hybridized carbons (Fsp3) is 0.333. The Morgan fingerprint density at radius 1 is 0.839 bits per heavy atom. The number of thiophene rings is 1. The third-order valence-electron chi connectivity index (χ3n) is 6.44. The van der Waals surface area contributed by atoms with Crippen LogP contribution in [0.25, 0.3) is 21.3 Å². The van der Waals surface area contributed by atoms with E-state index >= 15 is 0 Å². The van der Waals surface area contributed by atoms with Crippen molar-refractivity contribution in [1.29, 1.82) is 0 Å². The minimum absolute atomic E-state index is 0.603. The maximum atomic E-state index is 4.74. The van der Waals surface area contributed by atoms with Crippen LogP contribution in [0.5, 0.6) is 0 Å². The predicted octanol–water partition coefficient (Wildman–Crippen LogP) is 6.74. The number of nitrogens with one attached hydrogen (secondary N) is 1. The van der Waals surface area contributed by atoms with E-state index in [2.05, 4.69) is 35.0 Å². The molecule has 3 heterocycles. The lowest BCUT2D eigenvalue weighted by Crippen LogP contribution is -2.23. The molecule has 0 saturated heterocycles. The predicted molar refractivity (Wildman–Crippen MR) is 131 cm³/mol. The second kappa shape index (κ2) is 9.71. The zero-order valence-corrected chi connectivity index (χ0v) is 18.7. The largest absolute Gasteiger partial charge is 0.312 e. The van der Waals surface area contributed by atoms with Crippen LogP contribution in [0.15, 0.2) is 66.0 Å². The third kappa shape index (κ3) is 4.56. The Kier molecular flexibility index (Phi) is 6.38. The van der Waals surface area contributed by atoms with Crippen molar-refractivity contribution in [3.8, 4) is 11.3 Å². The molecule has 0 unspecified atom stereocenters. The van der Waals surface area contributed by atoms with Gasteiger partial charge in [0.25, 0.3) is 0 Å². The number of hydrogen-bond acceptors (Lipinski definition) is 4. The van der Waals surface area contributed by atoms with E-state index in [1.54, 1.807) is 0 Å². The van der Waals surface area contributed by atoms with Crippen LogP contribution in [-0.4, -0.2) is 16.7 Å². The van der Waals surface area contributed by atoms with E-state index in [0.717, 1.165) is 25.2 Å². The number of aromatic nitrogens is 2. The molecule has 2 aromatic heterocycles. The summed E-state index contributed by atoms with van der Waals surface area (Å²) in [5.41, 5.74) is 6.39. The third-order valence-corrected chi connectivity index (χ3v) is 7.37. The maximum Gasteiger partial charge on any atom is 0.102 e. The van der Waals surface area contributed by atoms with Crippen LogP contribution in [0.2, 0.25) is 0 Å². The van der Waals surface area contributed by atoms with E-state index in [1.807, 2.05) is 47.7 Å². The van der Waals surface area contributed by atoms with Crippen LogP contribution in [0, 0.1) is 0 Å². The first-order valence-electron chi connectivity index (χ1n) is 11.5. The van der Waals surface area contributed by atoms with E-state index in [1.165, 1.54) is 64.6 Å². The van der Waals surface area contributed by atoms with Crippen LogP contribution in [0.3, 0.4) is 0 Å². The lowest BCUT2D eigenvalue weighted by Gasteiger charge is -2.21. The molecule has 1 saturated carbocycles. The number of benzene rings is 2. The van der Waals surface area contributed by atoms with Gasteiger partial charge in [0.2, 0.25) is 0 Å². The van der Waals surface area contributed by atoms with Gasteiger partial charge in [-0.25, -0.2) is 0 Å². The summed E-state index contributed by atoms with van der Waals surface area (Å²) in [6, 6.07) is 21.0. The van der Waals surface area contributed by atoms with Crippen molar-refractivity contribution in [1.82, 2.24) is 15.5 Å². The van der Waals surface area contributed by atoms with E-state index in [0.29, 0.717) is 5.92 Å². The first kappa shape index (κ1) is 20.3. The molecule has 1 N–H and O–H groups in total. The number of fused-ring (bicyclic) bond motifs is 2. The summed E-state index contributed by atoms with van der Waals surface area (Å²) in [6.45, 7) is 2.05. The van der Waals surface area contributed by atoms with Gasteiger partial charge in [-0.1, -0.05) is 67.8 Å². The van der Waals surface area contributed by atoms with Gasteiger partial charge in [0, 0.05) is 23.4 Å². The molecule has 4 aromatic rings. The Morgan fingerprint density at radius 2 is 1.61 bits per heavy atom. The van der Waals surface area contributed by atoms with Gasteiger partial charge in [-0.2, -0.15) is 5.10 Å². The molecule has 1 aliphatic carbocycles. The van der Waals surface area contributed by atoms with Crippen molar-refractivity contribution >= 4 is 21.4 Å². The van der Waals surface area contributed by atoms with Gasteiger partial charge in [-0.3, -0.25) is 0 Å². The zero-order valence-electron chi connectivity index (χ0n) is 17.9. The highest BCUT2D eigenvalue weighted by atomic mass is 32.1. The lowest BCUT2D eigenvalue weighted by atomic mass is 9.86. The SMILES string of the molecule is c1cc2c(-c3ccc4c(c3)CCNC4)nnc(C3CCCCC3)c2s1.c1ccccc1. The summed E-state index contributed by atoms with van der Waals surface area (Å²) in [7, 11) is 0. The van der Waals surface area contributed by atoms with Crippen molar-refractivity contribution < 1.29 is 0 Å². The first-order valence-corrected chi connectivity index (χ1v) is 12.3. The van der Waals surface area contributed by atoms with Crippen LogP contribution in [0.1, 0.15) is 54.8 Å². The Bertz CT molecular complexity index is 1100. The molecule has 31 heavy (non-hydrogen) atoms. The van der Waals surface area contributed by atoms with Crippen molar-refractivity contribution in [2.45, 2.75) is 51.0 Å². The molecule has 3 nitrogen and oxygen atoms in total. The normalized spacial score (nSPS) is 16.4. The topological polar surface area (TPSA) is 37.8 Å². The monoisotopic (exact) mass is 427 g/mol. The number of nitrogens with zero attached hydrogens (tertiary/aromatic N) is 2. The van der Waals surface area contributed by atoms with Gasteiger partial charge in [0.05, 0.1) is 10.4 Å². The van der Waals surface area contributed by atoms with E-state index in [4.69, 9.17) is 10.2 Å². The molecule has 158 valence electrons. The summed E-state index contributed by atoms with van der Waals surface area (Å²) < 4.78 is 1.36. The highest BCUT2D eigenvalue weighted by molar-refractivity contribution is 7.17. The molecule has 4 heteroatoms. The summed E-state index contributed by atoms with van der Waals surface area (Å²) >= 11 is 1.83. The minimum Gasteiger partial charge on any atom is -0.312 e. The average molecular weight is 428 g/mol. The standard InChI is InChI=1S/C21H23N3S.C6H6/c1-2-4-14(5-3-1)20-21-18(9-11-25-21)19(23-24-20)16-6-7-17-13-22-10-8-15(17)12-16;1-2-4-6-5-3-1/h6-7,9,11-12,14,22H,1-5,8,10,13H2;1-6H. The van der Waals surface area contributed by atoms with Crippen molar-refractivity contribution in [3.05, 3.63) is 82.9 Å². The van der Waals surface area contributed by atoms with Gasteiger partial charge >= 0.3 is 0 Å². The Labute approximate surface area is 188 Å². The van der Waals surface area contributed by atoms with Gasteiger partial charge in [0.15, 0.2) is 0 Å². The molecule has 0 bridgehead atoms. The van der Waals surface area contributed by atoms with E-state index in [-0.39, 0.29) is 0 Å². The van der Waals surface area contributed by atoms with E-state index in [9.17, 15) is 0 Å². The van der Waals surface area contributed by atoms with Gasteiger partial charge < -0.3 is 5.32 Å². The van der Waals surface area contributed by atoms with Gasteiger partial charge in [-0.05, 0) is 54.4 Å². The Hall–Kier alpha value is -2.56. The average Bonchev–Trinajstić information content (AvgIpc) is 3.35. The van der Waals surface area contributed by atoms with Gasteiger partial charge in [-0.15, -0.1) is 16.4 Å². The molecule has 2 aromatic carbocycles. The Morgan fingerprint density at radius 3 is 2.39 bits per heavy atom. The highest BCUT2D eigenvalue weighted by Crippen LogP contribution is 2.39. The summed E-state index contributed by atoms with van der Waals surface area (Å²) in [6.07, 6.45) is 7.68. The van der Waals surface area contributed by atoms with Crippen molar-refractivity contribution in [3.63, 3.8) is 0 Å². The molecular formula is C27H29N3S. The summed E-state index contributed by atoms with van der Waals surface area (Å²) in [5, 5.41) is 16.4. The highest BCUT2D eigenvalue weighted by Gasteiger charge is 2.22. The number of hydrogen-bond donors (Lipinski definition) is 1. The molecule has 0 amide bonds. The molecular weight excluding hydrogens is 398 g/mol. The van der Waals surface area contributed by atoms with Crippen LogP contribution in [0.4, 0.5) is 0 Å². The van der Waals surface area contributed by atoms with Crippen LogP contribution in [-0.2, 0) is 13.0 Å². The zero-order chi connectivity index (χ0) is 20.9. The van der Waals surface area contributed by atoms with Crippen LogP contribution < -0.4 is 5.32 Å². The molecule has 0 spiro atoms. The molecule has 6 rings (SSSR count). The summed E-state index contributed by atoms with van der Waals surface area (Å²) in [4.78, 5) is 0.